The van der Waals surface area contributed by atoms with E-state index in [1.165, 1.54) is 0 Å². The van der Waals surface area contributed by atoms with Crippen LogP contribution in [0.25, 0.3) is 22.4 Å². The highest BCUT2D eigenvalue weighted by Gasteiger charge is 2.22. The molecule has 0 spiro atoms. The second-order valence-electron chi connectivity index (χ2n) is 6.68. The van der Waals surface area contributed by atoms with Gasteiger partial charge in [0, 0.05) is 11.3 Å². The largest absolute Gasteiger partial charge is 0.496 e. The summed E-state index contributed by atoms with van der Waals surface area (Å²) in [6.07, 6.45) is 0. The molecule has 4 aromatic rings. The van der Waals surface area contributed by atoms with Crippen molar-refractivity contribution in [3.05, 3.63) is 102 Å². The van der Waals surface area contributed by atoms with Crippen molar-refractivity contribution in [2.45, 2.75) is 6.92 Å². The van der Waals surface area contributed by atoms with Crippen LogP contribution in [0.5, 0.6) is 5.75 Å². The van der Waals surface area contributed by atoms with Gasteiger partial charge < -0.3 is 9.72 Å². The molecule has 1 aromatic heterocycles. The molecule has 0 amide bonds. The number of ketones is 1. The van der Waals surface area contributed by atoms with E-state index in [4.69, 9.17) is 4.74 Å². The van der Waals surface area contributed by atoms with Crippen LogP contribution in [0, 0.1) is 6.92 Å². The lowest BCUT2D eigenvalue weighted by Crippen LogP contribution is -2.06. The molecule has 138 valence electrons. The summed E-state index contributed by atoms with van der Waals surface area (Å²) in [6.45, 7) is 2.06. The van der Waals surface area contributed by atoms with Crippen LogP contribution in [0.15, 0.2) is 84.9 Å². The van der Waals surface area contributed by atoms with E-state index < -0.39 is 0 Å². The van der Waals surface area contributed by atoms with Gasteiger partial charge in [-0.1, -0.05) is 66.7 Å². The lowest BCUT2D eigenvalue weighted by molar-refractivity contribution is 0.103. The van der Waals surface area contributed by atoms with Crippen molar-refractivity contribution in [1.29, 1.82) is 0 Å². The van der Waals surface area contributed by atoms with Crippen molar-refractivity contribution in [2.24, 2.45) is 0 Å². The standard InChI is InChI=1S/C25H21NO2/c1-17-10-6-7-13-19(17)21-16-22(18-11-4-3-5-12-18)26-24(21)25(27)20-14-8-9-15-23(20)28-2/h3-16,26H,1-2H3. The van der Waals surface area contributed by atoms with E-state index >= 15 is 0 Å². The second kappa shape index (κ2) is 7.57. The smallest absolute Gasteiger partial charge is 0.213 e. The van der Waals surface area contributed by atoms with Gasteiger partial charge in [-0.25, -0.2) is 0 Å². The molecule has 28 heavy (non-hydrogen) atoms. The van der Waals surface area contributed by atoms with Gasteiger partial charge in [0.2, 0.25) is 5.78 Å². The van der Waals surface area contributed by atoms with E-state index in [1.54, 1.807) is 13.2 Å². The minimum Gasteiger partial charge on any atom is -0.496 e. The third-order valence-electron chi connectivity index (χ3n) is 4.92. The average molecular weight is 367 g/mol. The quantitative estimate of drug-likeness (QED) is 0.446. The van der Waals surface area contributed by atoms with Gasteiger partial charge in [-0.3, -0.25) is 4.79 Å². The van der Waals surface area contributed by atoms with Crippen LogP contribution in [0.4, 0.5) is 0 Å². The molecule has 0 unspecified atom stereocenters. The highest BCUT2D eigenvalue weighted by Crippen LogP contribution is 2.34. The van der Waals surface area contributed by atoms with Gasteiger partial charge in [0.05, 0.1) is 18.4 Å². The Balaban J connectivity index is 1.91. The fourth-order valence-corrected chi connectivity index (χ4v) is 3.46. The topological polar surface area (TPSA) is 42.1 Å². The number of methoxy groups -OCH3 is 1. The number of para-hydroxylation sites is 1. The Kier molecular flexibility index (Phi) is 4.81. The monoisotopic (exact) mass is 367 g/mol. The maximum absolute atomic E-state index is 13.5. The first-order valence-corrected chi connectivity index (χ1v) is 9.21. The van der Waals surface area contributed by atoms with Gasteiger partial charge in [0.1, 0.15) is 5.75 Å². The minimum absolute atomic E-state index is 0.0853. The molecular formula is C25H21NO2. The summed E-state index contributed by atoms with van der Waals surface area (Å²) in [6, 6.07) is 27.5. The molecule has 3 nitrogen and oxygen atoms in total. The lowest BCUT2D eigenvalue weighted by atomic mass is 9.96. The summed E-state index contributed by atoms with van der Waals surface area (Å²) in [5.41, 5.74) is 6.12. The molecule has 3 heteroatoms. The predicted octanol–water partition coefficient (Wildman–Crippen LogP) is 5.90. The van der Waals surface area contributed by atoms with Crippen molar-refractivity contribution in [1.82, 2.24) is 4.98 Å². The second-order valence-corrected chi connectivity index (χ2v) is 6.68. The van der Waals surface area contributed by atoms with Gasteiger partial charge in [-0.05, 0) is 41.8 Å². The van der Waals surface area contributed by atoms with Crippen LogP contribution >= 0.6 is 0 Å². The number of carbonyl (C=O) groups excluding carboxylic acids is 1. The van der Waals surface area contributed by atoms with E-state index in [0.29, 0.717) is 17.0 Å². The van der Waals surface area contributed by atoms with E-state index in [-0.39, 0.29) is 5.78 Å². The van der Waals surface area contributed by atoms with Crippen LogP contribution in [0.3, 0.4) is 0 Å². The third kappa shape index (κ3) is 3.23. The van der Waals surface area contributed by atoms with Crippen LogP contribution in [0.1, 0.15) is 21.6 Å². The van der Waals surface area contributed by atoms with Crippen molar-refractivity contribution < 1.29 is 9.53 Å². The highest BCUT2D eigenvalue weighted by molar-refractivity contribution is 6.14. The first-order valence-electron chi connectivity index (χ1n) is 9.21. The van der Waals surface area contributed by atoms with Gasteiger partial charge in [0.15, 0.2) is 0 Å². The summed E-state index contributed by atoms with van der Waals surface area (Å²) >= 11 is 0. The Morgan fingerprint density at radius 2 is 1.50 bits per heavy atom. The van der Waals surface area contributed by atoms with Gasteiger partial charge in [0.25, 0.3) is 0 Å². The zero-order valence-corrected chi connectivity index (χ0v) is 15.9. The number of benzene rings is 3. The fourth-order valence-electron chi connectivity index (χ4n) is 3.46. The maximum atomic E-state index is 13.5. The van der Waals surface area contributed by atoms with Crippen LogP contribution < -0.4 is 4.74 Å². The molecule has 0 bridgehead atoms. The molecule has 0 radical (unpaired) electrons. The van der Waals surface area contributed by atoms with E-state index in [2.05, 4.69) is 24.0 Å². The van der Waals surface area contributed by atoms with Crippen LogP contribution in [-0.4, -0.2) is 17.9 Å². The molecule has 1 N–H and O–H groups in total. The fraction of sp³-hybridized carbons (Fsp3) is 0.0800. The van der Waals surface area contributed by atoms with Crippen molar-refractivity contribution in [2.75, 3.05) is 7.11 Å². The Hall–Kier alpha value is -3.59. The number of nitrogens with one attached hydrogen (secondary N) is 1. The summed E-state index contributed by atoms with van der Waals surface area (Å²) in [5, 5.41) is 0. The highest BCUT2D eigenvalue weighted by atomic mass is 16.5. The molecule has 3 aromatic carbocycles. The normalized spacial score (nSPS) is 10.6. The van der Waals surface area contributed by atoms with Gasteiger partial charge in [-0.15, -0.1) is 0 Å². The number of ether oxygens (including phenoxy) is 1. The minimum atomic E-state index is -0.0853. The van der Waals surface area contributed by atoms with Crippen LogP contribution in [-0.2, 0) is 0 Å². The predicted molar refractivity (Wildman–Crippen MR) is 113 cm³/mol. The van der Waals surface area contributed by atoms with Crippen molar-refractivity contribution in [3.63, 3.8) is 0 Å². The molecule has 0 aliphatic rings. The molecule has 0 saturated carbocycles. The van der Waals surface area contributed by atoms with E-state index in [9.17, 15) is 4.79 Å². The summed E-state index contributed by atoms with van der Waals surface area (Å²) in [4.78, 5) is 16.8. The SMILES string of the molecule is COc1ccccc1C(=O)c1[nH]c(-c2ccccc2)cc1-c1ccccc1C. The number of hydrogen-bond acceptors (Lipinski definition) is 2. The summed E-state index contributed by atoms with van der Waals surface area (Å²) in [5.74, 6) is 0.483. The zero-order chi connectivity index (χ0) is 19.5. The number of H-pyrrole nitrogens is 1. The number of aromatic amines is 1. The molecule has 0 aliphatic heterocycles. The Labute approximate surface area is 164 Å². The number of aryl methyl sites for hydroxylation is 1. The maximum Gasteiger partial charge on any atom is 0.213 e. The Bertz CT molecular complexity index is 1130. The van der Waals surface area contributed by atoms with Gasteiger partial charge >= 0.3 is 0 Å². The molecule has 0 fully saturated rings. The lowest BCUT2D eigenvalue weighted by Gasteiger charge is -2.09. The average Bonchev–Trinajstić information content (AvgIpc) is 3.19. The van der Waals surface area contributed by atoms with E-state index in [1.807, 2.05) is 66.7 Å². The Morgan fingerprint density at radius 1 is 0.821 bits per heavy atom. The number of hydrogen-bond donors (Lipinski definition) is 1. The molecule has 4 rings (SSSR count). The molecule has 0 saturated heterocycles. The first-order chi connectivity index (χ1) is 13.7. The summed E-state index contributed by atoms with van der Waals surface area (Å²) < 4.78 is 5.41. The van der Waals surface area contributed by atoms with Crippen molar-refractivity contribution >= 4 is 5.78 Å². The molecule has 0 atom stereocenters. The first kappa shape index (κ1) is 17.8. The number of carbonyl (C=O) groups is 1. The summed E-state index contributed by atoms with van der Waals surface area (Å²) in [7, 11) is 1.58. The molecule has 1 heterocycles. The number of aromatic nitrogens is 1. The third-order valence-corrected chi connectivity index (χ3v) is 4.92. The van der Waals surface area contributed by atoms with Crippen molar-refractivity contribution in [3.8, 4) is 28.1 Å². The number of rotatable bonds is 5. The molecule has 0 aliphatic carbocycles. The molecular weight excluding hydrogens is 346 g/mol. The van der Waals surface area contributed by atoms with E-state index in [0.717, 1.165) is 27.9 Å². The zero-order valence-electron chi connectivity index (χ0n) is 15.9. The van der Waals surface area contributed by atoms with Crippen LogP contribution in [0.2, 0.25) is 0 Å². The Morgan fingerprint density at radius 3 is 2.25 bits per heavy atom. The van der Waals surface area contributed by atoms with Gasteiger partial charge in [-0.2, -0.15) is 0 Å².